The number of aliphatic hydroxyl groups is 1. The van der Waals surface area contributed by atoms with Crippen LogP contribution < -0.4 is 4.74 Å². The Balaban J connectivity index is 2.34. The zero-order chi connectivity index (χ0) is 13.1. The Morgan fingerprint density at radius 3 is 2.78 bits per heavy atom. The summed E-state index contributed by atoms with van der Waals surface area (Å²) in [7, 11) is 1.54. The minimum Gasteiger partial charge on any atom is -0.481 e. The van der Waals surface area contributed by atoms with Crippen molar-refractivity contribution in [3.05, 3.63) is 40.8 Å². The molecule has 0 aromatic carbocycles. The maximum atomic E-state index is 10.3. The third-order valence-electron chi connectivity index (χ3n) is 2.68. The zero-order valence-electron chi connectivity index (χ0n) is 10.2. The van der Waals surface area contributed by atoms with Gasteiger partial charge in [0, 0.05) is 24.4 Å². The highest BCUT2D eigenvalue weighted by Crippen LogP contribution is 2.28. The first-order valence-corrected chi connectivity index (χ1v) is 5.94. The van der Waals surface area contributed by atoms with Crippen LogP contribution in [0.2, 0.25) is 5.02 Å². The van der Waals surface area contributed by atoms with Crippen LogP contribution >= 0.6 is 11.6 Å². The van der Waals surface area contributed by atoms with Crippen LogP contribution in [0.5, 0.6) is 5.88 Å². The standard InChI is InChI=1S/C12H14ClN3O2/c1-3-16-11(9(13)7-15-16)12(17)8-4-5-10(18-2)14-6-8/h4-7,12,17H,3H2,1-2H3. The van der Waals surface area contributed by atoms with Crippen LogP contribution in [0.3, 0.4) is 0 Å². The number of aliphatic hydroxyl groups excluding tert-OH is 1. The number of pyridine rings is 1. The zero-order valence-corrected chi connectivity index (χ0v) is 10.9. The van der Waals surface area contributed by atoms with E-state index in [1.54, 1.807) is 30.1 Å². The lowest BCUT2D eigenvalue weighted by Gasteiger charge is -2.13. The molecule has 2 aromatic rings. The summed E-state index contributed by atoms with van der Waals surface area (Å²) in [6.07, 6.45) is 2.24. The highest BCUT2D eigenvalue weighted by atomic mass is 35.5. The van der Waals surface area contributed by atoms with Gasteiger partial charge in [-0.05, 0) is 13.0 Å². The molecule has 0 aliphatic carbocycles. The van der Waals surface area contributed by atoms with Crippen LogP contribution in [0.1, 0.15) is 24.3 Å². The number of hydrogen-bond donors (Lipinski definition) is 1. The number of aromatic nitrogens is 3. The molecule has 0 amide bonds. The maximum Gasteiger partial charge on any atom is 0.212 e. The van der Waals surface area contributed by atoms with E-state index in [2.05, 4.69) is 10.1 Å². The van der Waals surface area contributed by atoms with E-state index in [0.29, 0.717) is 28.7 Å². The normalized spacial score (nSPS) is 12.4. The summed E-state index contributed by atoms with van der Waals surface area (Å²) in [5, 5.41) is 14.8. The van der Waals surface area contributed by atoms with Crippen LogP contribution in [0, 0.1) is 0 Å². The molecule has 0 fully saturated rings. The van der Waals surface area contributed by atoms with Crippen molar-refractivity contribution in [3.63, 3.8) is 0 Å². The summed E-state index contributed by atoms with van der Waals surface area (Å²) < 4.78 is 6.64. The van der Waals surface area contributed by atoms with E-state index in [9.17, 15) is 5.11 Å². The molecule has 0 saturated carbocycles. The first-order chi connectivity index (χ1) is 8.67. The molecule has 2 rings (SSSR count). The summed E-state index contributed by atoms with van der Waals surface area (Å²) in [5.74, 6) is 0.501. The molecule has 0 bridgehead atoms. The van der Waals surface area contributed by atoms with Gasteiger partial charge in [0.15, 0.2) is 0 Å². The van der Waals surface area contributed by atoms with Crippen molar-refractivity contribution in [1.82, 2.24) is 14.8 Å². The topological polar surface area (TPSA) is 60.2 Å². The smallest absolute Gasteiger partial charge is 0.212 e. The molecule has 0 aliphatic rings. The third-order valence-corrected chi connectivity index (χ3v) is 2.97. The molecule has 1 unspecified atom stereocenters. The summed E-state index contributed by atoms with van der Waals surface area (Å²) in [6.45, 7) is 2.58. The first kappa shape index (κ1) is 12.9. The SMILES string of the molecule is CCn1ncc(Cl)c1C(O)c1ccc(OC)nc1. The highest BCUT2D eigenvalue weighted by molar-refractivity contribution is 6.31. The van der Waals surface area contributed by atoms with Gasteiger partial charge in [0.05, 0.1) is 24.0 Å². The summed E-state index contributed by atoms with van der Waals surface area (Å²) in [5.41, 5.74) is 1.22. The van der Waals surface area contributed by atoms with E-state index in [4.69, 9.17) is 16.3 Å². The molecule has 96 valence electrons. The van der Waals surface area contributed by atoms with Gasteiger partial charge in [-0.25, -0.2) is 4.98 Å². The lowest BCUT2D eigenvalue weighted by Crippen LogP contribution is -2.09. The highest BCUT2D eigenvalue weighted by Gasteiger charge is 2.19. The van der Waals surface area contributed by atoms with Crippen LogP contribution in [0.15, 0.2) is 24.5 Å². The molecule has 2 aromatic heterocycles. The summed E-state index contributed by atoms with van der Waals surface area (Å²) in [6, 6.07) is 3.44. The number of ether oxygens (including phenoxy) is 1. The molecule has 1 N–H and O–H groups in total. The number of halogens is 1. The molecule has 5 nitrogen and oxygen atoms in total. The maximum absolute atomic E-state index is 10.3. The second kappa shape index (κ2) is 5.37. The van der Waals surface area contributed by atoms with Crippen molar-refractivity contribution >= 4 is 11.6 Å². The average Bonchev–Trinajstić information content (AvgIpc) is 2.79. The van der Waals surface area contributed by atoms with E-state index in [1.165, 1.54) is 6.20 Å². The van der Waals surface area contributed by atoms with Gasteiger partial charge < -0.3 is 9.84 Å². The summed E-state index contributed by atoms with van der Waals surface area (Å²) >= 11 is 6.04. The fourth-order valence-electron chi connectivity index (χ4n) is 1.73. The predicted octanol–water partition coefficient (Wildman–Crippen LogP) is 2.04. The number of aryl methyl sites for hydroxylation is 1. The van der Waals surface area contributed by atoms with E-state index < -0.39 is 6.10 Å². The molecule has 2 heterocycles. The Morgan fingerprint density at radius 1 is 1.44 bits per heavy atom. The van der Waals surface area contributed by atoms with Gasteiger partial charge >= 0.3 is 0 Å². The quantitative estimate of drug-likeness (QED) is 0.921. The number of nitrogens with zero attached hydrogens (tertiary/aromatic N) is 3. The Labute approximate surface area is 110 Å². The Bertz CT molecular complexity index is 525. The summed E-state index contributed by atoms with van der Waals surface area (Å²) in [4.78, 5) is 4.06. The van der Waals surface area contributed by atoms with E-state index in [0.717, 1.165) is 0 Å². The van der Waals surface area contributed by atoms with Gasteiger partial charge in [0.25, 0.3) is 0 Å². The fraction of sp³-hybridized carbons (Fsp3) is 0.333. The Morgan fingerprint density at radius 2 is 2.22 bits per heavy atom. The molecule has 18 heavy (non-hydrogen) atoms. The minimum absolute atomic E-state index is 0.445. The second-order valence-corrected chi connectivity index (χ2v) is 4.14. The molecule has 0 aliphatic heterocycles. The van der Waals surface area contributed by atoms with Gasteiger partial charge in [-0.2, -0.15) is 5.10 Å². The average molecular weight is 268 g/mol. The van der Waals surface area contributed by atoms with E-state index in [-0.39, 0.29) is 0 Å². The van der Waals surface area contributed by atoms with Gasteiger partial charge in [-0.3, -0.25) is 4.68 Å². The first-order valence-electron chi connectivity index (χ1n) is 5.56. The number of rotatable bonds is 4. The van der Waals surface area contributed by atoms with Gasteiger partial charge in [-0.1, -0.05) is 11.6 Å². The van der Waals surface area contributed by atoms with Crippen molar-refractivity contribution < 1.29 is 9.84 Å². The van der Waals surface area contributed by atoms with Gasteiger partial charge in [0.2, 0.25) is 5.88 Å². The number of methoxy groups -OCH3 is 1. The lowest BCUT2D eigenvalue weighted by molar-refractivity contribution is 0.207. The van der Waals surface area contributed by atoms with Crippen LogP contribution in [-0.2, 0) is 6.54 Å². The van der Waals surface area contributed by atoms with Crippen molar-refractivity contribution in [2.45, 2.75) is 19.6 Å². The second-order valence-electron chi connectivity index (χ2n) is 3.73. The lowest BCUT2D eigenvalue weighted by atomic mass is 10.1. The fourth-order valence-corrected chi connectivity index (χ4v) is 1.97. The molecule has 0 radical (unpaired) electrons. The Kier molecular flexibility index (Phi) is 3.84. The molecule has 6 heteroatoms. The number of hydrogen-bond acceptors (Lipinski definition) is 4. The molecule has 0 spiro atoms. The van der Waals surface area contributed by atoms with Crippen molar-refractivity contribution in [3.8, 4) is 5.88 Å². The van der Waals surface area contributed by atoms with Gasteiger partial charge in [0.1, 0.15) is 6.10 Å². The third kappa shape index (κ3) is 2.32. The largest absolute Gasteiger partial charge is 0.481 e. The van der Waals surface area contributed by atoms with Crippen molar-refractivity contribution in [1.29, 1.82) is 0 Å². The van der Waals surface area contributed by atoms with Crippen molar-refractivity contribution in [2.24, 2.45) is 0 Å². The van der Waals surface area contributed by atoms with E-state index >= 15 is 0 Å². The van der Waals surface area contributed by atoms with Crippen molar-refractivity contribution in [2.75, 3.05) is 7.11 Å². The molecule has 0 saturated heterocycles. The molecular weight excluding hydrogens is 254 g/mol. The Hall–Kier alpha value is -1.59. The molecular formula is C12H14ClN3O2. The predicted molar refractivity (Wildman–Crippen MR) is 67.8 cm³/mol. The monoisotopic (exact) mass is 267 g/mol. The molecule has 1 atom stereocenters. The minimum atomic E-state index is -0.849. The van der Waals surface area contributed by atoms with Crippen LogP contribution in [0.4, 0.5) is 0 Å². The van der Waals surface area contributed by atoms with E-state index in [1.807, 2.05) is 6.92 Å². The van der Waals surface area contributed by atoms with Gasteiger partial charge in [-0.15, -0.1) is 0 Å². The van der Waals surface area contributed by atoms with Crippen LogP contribution in [0.25, 0.3) is 0 Å². The van der Waals surface area contributed by atoms with Crippen LogP contribution in [-0.4, -0.2) is 27.0 Å².